The molecule has 0 atom stereocenters. The summed E-state index contributed by atoms with van der Waals surface area (Å²) in [4.78, 5) is 8.04. The molecule has 2 aromatic rings. The van der Waals surface area contributed by atoms with Crippen LogP contribution in [0.15, 0.2) is 30.7 Å². The molecule has 0 saturated heterocycles. The number of hydrogen-bond donors (Lipinski definition) is 0. The van der Waals surface area contributed by atoms with Gasteiger partial charge in [-0.3, -0.25) is 4.39 Å². The summed E-state index contributed by atoms with van der Waals surface area (Å²) in [7, 11) is 0. The van der Waals surface area contributed by atoms with Gasteiger partial charge >= 0.3 is 0 Å². The van der Waals surface area contributed by atoms with Crippen LogP contribution < -0.4 is 0 Å². The Labute approximate surface area is 80.4 Å². The van der Waals surface area contributed by atoms with Gasteiger partial charge in [-0.05, 0) is 12.1 Å². The van der Waals surface area contributed by atoms with Crippen LogP contribution in [0.5, 0.6) is 0 Å². The van der Waals surface area contributed by atoms with E-state index in [-0.39, 0.29) is 0 Å². The molecular formula is C9H9FN4. The van der Waals surface area contributed by atoms with Crippen LogP contribution in [-0.4, -0.2) is 26.4 Å². The molecular weight excluding hydrogens is 183 g/mol. The number of rotatable bonds is 3. The Bertz CT molecular complexity index is 398. The first-order valence-corrected chi connectivity index (χ1v) is 4.28. The van der Waals surface area contributed by atoms with Crippen LogP contribution in [0.4, 0.5) is 4.39 Å². The zero-order valence-corrected chi connectivity index (χ0v) is 7.47. The Balaban J connectivity index is 2.25. The molecule has 14 heavy (non-hydrogen) atoms. The van der Waals surface area contributed by atoms with Crippen molar-refractivity contribution in [3.05, 3.63) is 36.4 Å². The van der Waals surface area contributed by atoms with Crippen molar-refractivity contribution in [3.8, 4) is 5.95 Å². The van der Waals surface area contributed by atoms with Crippen LogP contribution in [0.25, 0.3) is 5.95 Å². The van der Waals surface area contributed by atoms with E-state index in [2.05, 4.69) is 15.1 Å². The van der Waals surface area contributed by atoms with E-state index in [9.17, 15) is 4.39 Å². The number of halogens is 1. The molecule has 0 aliphatic heterocycles. The monoisotopic (exact) mass is 192 g/mol. The number of aromatic nitrogens is 4. The highest BCUT2D eigenvalue weighted by Crippen LogP contribution is 2.01. The fraction of sp³-hybridized carbons (Fsp3) is 0.222. The molecule has 72 valence electrons. The third-order valence-electron chi connectivity index (χ3n) is 1.75. The Kier molecular flexibility index (Phi) is 2.48. The molecule has 0 aromatic carbocycles. The lowest BCUT2D eigenvalue weighted by Gasteiger charge is -1.96. The van der Waals surface area contributed by atoms with Gasteiger partial charge in [-0.15, -0.1) is 0 Å². The standard InChI is InChI=1S/C9H9FN4/c10-4-2-8-3-7-14(13-8)9-11-5-1-6-12-9/h1,3,5-7H,2,4H2. The highest BCUT2D eigenvalue weighted by molar-refractivity contribution is 5.11. The molecule has 0 amide bonds. The lowest BCUT2D eigenvalue weighted by Crippen LogP contribution is -2.01. The first-order chi connectivity index (χ1) is 6.90. The normalized spacial score (nSPS) is 10.4. The van der Waals surface area contributed by atoms with Gasteiger partial charge in [-0.2, -0.15) is 5.10 Å². The summed E-state index contributed by atoms with van der Waals surface area (Å²) < 4.78 is 13.5. The van der Waals surface area contributed by atoms with Crippen molar-refractivity contribution in [2.75, 3.05) is 6.67 Å². The first-order valence-electron chi connectivity index (χ1n) is 4.28. The minimum atomic E-state index is -0.396. The average Bonchev–Trinajstić information content (AvgIpc) is 2.68. The van der Waals surface area contributed by atoms with Crippen LogP contribution in [0.2, 0.25) is 0 Å². The van der Waals surface area contributed by atoms with Gasteiger partial charge in [0.25, 0.3) is 0 Å². The highest BCUT2D eigenvalue weighted by Gasteiger charge is 2.01. The summed E-state index contributed by atoms with van der Waals surface area (Å²) in [5.74, 6) is 0.498. The van der Waals surface area contributed by atoms with Crippen molar-refractivity contribution in [3.63, 3.8) is 0 Å². The maximum Gasteiger partial charge on any atom is 0.250 e. The number of hydrogen-bond acceptors (Lipinski definition) is 3. The van der Waals surface area contributed by atoms with Gasteiger partial charge in [0.1, 0.15) is 0 Å². The summed E-state index contributed by atoms with van der Waals surface area (Å²) in [6.07, 6.45) is 5.33. The predicted octanol–water partition coefficient (Wildman–Crippen LogP) is 1.17. The van der Waals surface area contributed by atoms with Crippen molar-refractivity contribution >= 4 is 0 Å². The molecule has 2 rings (SSSR count). The van der Waals surface area contributed by atoms with Gasteiger partial charge in [0.05, 0.1) is 12.4 Å². The van der Waals surface area contributed by atoms with Crippen LogP contribution >= 0.6 is 0 Å². The Hall–Kier alpha value is -1.78. The maximum absolute atomic E-state index is 12.0. The Morgan fingerprint density at radius 2 is 2.07 bits per heavy atom. The second kappa shape index (κ2) is 3.95. The Morgan fingerprint density at radius 3 is 2.79 bits per heavy atom. The zero-order valence-electron chi connectivity index (χ0n) is 7.47. The van der Waals surface area contributed by atoms with E-state index in [4.69, 9.17) is 0 Å². The lowest BCUT2D eigenvalue weighted by molar-refractivity contribution is 0.490. The van der Waals surface area contributed by atoms with Crippen molar-refractivity contribution in [1.82, 2.24) is 19.7 Å². The topological polar surface area (TPSA) is 43.6 Å². The van der Waals surface area contributed by atoms with Crippen LogP contribution in [0.1, 0.15) is 5.69 Å². The molecule has 2 aromatic heterocycles. The van der Waals surface area contributed by atoms with Gasteiger partial charge in [-0.1, -0.05) is 0 Å². The van der Waals surface area contributed by atoms with Gasteiger partial charge in [-0.25, -0.2) is 14.6 Å². The number of aryl methyl sites for hydroxylation is 1. The van der Waals surface area contributed by atoms with E-state index in [1.165, 1.54) is 4.68 Å². The molecule has 0 N–H and O–H groups in total. The molecule has 0 radical (unpaired) electrons. The summed E-state index contributed by atoms with van der Waals surface area (Å²) in [5.41, 5.74) is 0.708. The average molecular weight is 192 g/mol. The van der Waals surface area contributed by atoms with Crippen LogP contribution in [-0.2, 0) is 6.42 Å². The van der Waals surface area contributed by atoms with Crippen LogP contribution in [0.3, 0.4) is 0 Å². The van der Waals surface area contributed by atoms with Gasteiger partial charge in [0, 0.05) is 25.0 Å². The minimum Gasteiger partial charge on any atom is -0.251 e. The Morgan fingerprint density at radius 1 is 1.29 bits per heavy atom. The molecule has 0 spiro atoms. The largest absolute Gasteiger partial charge is 0.251 e. The van der Waals surface area contributed by atoms with E-state index in [1.807, 2.05) is 0 Å². The van der Waals surface area contributed by atoms with Gasteiger partial charge in [0.2, 0.25) is 5.95 Å². The molecule has 0 aliphatic rings. The van der Waals surface area contributed by atoms with Crippen molar-refractivity contribution in [2.45, 2.75) is 6.42 Å². The third-order valence-corrected chi connectivity index (χ3v) is 1.75. The van der Waals surface area contributed by atoms with Crippen LogP contribution in [0, 0.1) is 0 Å². The lowest BCUT2D eigenvalue weighted by atomic mass is 10.3. The second-order valence-corrected chi connectivity index (χ2v) is 2.74. The summed E-state index contributed by atoms with van der Waals surface area (Å²) in [6, 6.07) is 3.49. The quantitative estimate of drug-likeness (QED) is 0.733. The fourth-order valence-corrected chi connectivity index (χ4v) is 1.11. The van der Waals surface area contributed by atoms with E-state index in [0.717, 1.165) is 0 Å². The third kappa shape index (κ3) is 1.76. The maximum atomic E-state index is 12.0. The molecule has 4 nitrogen and oxygen atoms in total. The smallest absolute Gasteiger partial charge is 0.250 e. The predicted molar refractivity (Wildman–Crippen MR) is 48.8 cm³/mol. The number of nitrogens with zero attached hydrogens (tertiary/aromatic N) is 4. The molecule has 0 aliphatic carbocycles. The summed E-state index contributed by atoms with van der Waals surface area (Å²) >= 11 is 0. The minimum absolute atomic E-state index is 0.333. The molecule has 0 bridgehead atoms. The molecule has 2 heterocycles. The molecule has 0 fully saturated rings. The van der Waals surface area contributed by atoms with E-state index < -0.39 is 6.67 Å². The van der Waals surface area contributed by atoms with Crippen molar-refractivity contribution < 1.29 is 4.39 Å². The van der Waals surface area contributed by atoms with Gasteiger partial charge < -0.3 is 0 Å². The van der Waals surface area contributed by atoms with Gasteiger partial charge in [0.15, 0.2) is 0 Å². The van der Waals surface area contributed by atoms with E-state index in [1.54, 1.807) is 30.7 Å². The van der Waals surface area contributed by atoms with Crippen molar-refractivity contribution in [1.29, 1.82) is 0 Å². The van der Waals surface area contributed by atoms with Crippen molar-refractivity contribution in [2.24, 2.45) is 0 Å². The van der Waals surface area contributed by atoms with E-state index >= 15 is 0 Å². The fourth-order valence-electron chi connectivity index (χ4n) is 1.11. The molecule has 0 saturated carbocycles. The number of alkyl halides is 1. The summed E-state index contributed by atoms with van der Waals surface area (Å²) in [5, 5.41) is 4.12. The second-order valence-electron chi connectivity index (χ2n) is 2.74. The SMILES string of the molecule is FCCc1ccn(-c2ncccn2)n1. The zero-order chi connectivity index (χ0) is 9.80. The summed E-state index contributed by atoms with van der Waals surface area (Å²) in [6.45, 7) is -0.396. The highest BCUT2D eigenvalue weighted by atomic mass is 19.1. The molecule has 0 unspecified atom stereocenters. The van der Waals surface area contributed by atoms with E-state index in [0.29, 0.717) is 18.1 Å². The first kappa shape index (κ1) is 8.80. The molecule has 5 heteroatoms.